The third-order valence-corrected chi connectivity index (χ3v) is 10.2. The maximum Gasteiger partial charge on any atom is 0.264 e. The molecule has 4 aromatic rings. The van der Waals surface area contributed by atoms with Crippen molar-refractivity contribution in [1.82, 2.24) is 0 Å². The van der Waals surface area contributed by atoms with Gasteiger partial charge in [0.15, 0.2) is 0 Å². The molecule has 0 radical (unpaired) electrons. The summed E-state index contributed by atoms with van der Waals surface area (Å²) >= 11 is 3.69. The number of hydrogen-bond donors (Lipinski definition) is 0. The lowest BCUT2D eigenvalue weighted by Gasteiger charge is -2.32. The van der Waals surface area contributed by atoms with Gasteiger partial charge in [0.05, 0.1) is 37.7 Å². The number of nitrogens with zero attached hydrogens (tertiary/aromatic N) is 1. The minimum atomic E-state index is -3.86. The van der Waals surface area contributed by atoms with E-state index in [-0.39, 0.29) is 11.4 Å². The van der Waals surface area contributed by atoms with Gasteiger partial charge in [-0.3, -0.25) is 4.31 Å². The van der Waals surface area contributed by atoms with Crippen LogP contribution in [0.25, 0.3) is 15.3 Å². The Morgan fingerprint density at radius 2 is 1.55 bits per heavy atom. The minimum Gasteiger partial charge on any atom is -0.260 e. The van der Waals surface area contributed by atoms with E-state index < -0.39 is 20.8 Å². The average Bonchev–Trinajstić information content (AvgIpc) is 2.84. The Morgan fingerprint density at radius 1 is 0.879 bits per heavy atom. The number of anilines is 1. The van der Waals surface area contributed by atoms with Gasteiger partial charge in [-0.15, -0.1) is 0 Å². The average molecular weight is 538 g/mol. The van der Waals surface area contributed by atoms with Crippen molar-refractivity contribution in [2.75, 3.05) is 10.8 Å². The SMILES string of the molecule is Cc1ccc(S(=O)(=O)N2C/C(=C(\Br)c3cccc4ccccc34)[S@](=O)c3ccccc32)cc1. The van der Waals surface area contributed by atoms with E-state index in [9.17, 15) is 12.6 Å². The molecule has 4 nitrogen and oxygen atoms in total. The highest BCUT2D eigenvalue weighted by molar-refractivity contribution is 9.15. The highest BCUT2D eigenvalue weighted by atomic mass is 79.9. The van der Waals surface area contributed by atoms with Crippen molar-refractivity contribution in [2.24, 2.45) is 0 Å². The first kappa shape index (κ1) is 22.1. The number of sulfonamides is 1. The zero-order chi connectivity index (χ0) is 23.2. The Balaban J connectivity index is 1.71. The van der Waals surface area contributed by atoms with E-state index in [1.165, 1.54) is 4.31 Å². The topological polar surface area (TPSA) is 54.5 Å². The molecule has 7 heteroatoms. The molecule has 4 aromatic carbocycles. The van der Waals surface area contributed by atoms with Crippen LogP contribution in [0.2, 0.25) is 0 Å². The molecule has 0 saturated heterocycles. The number of halogens is 1. The first-order valence-corrected chi connectivity index (χ1v) is 13.7. The number of rotatable bonds is 3. The molecule has 0 bridgehead atoms. The summed E-state index contributed by atoms with van der Waals surface area (Å²) in [6.07, 6.45) is 0. The van der Waals surface area contributed by atoms with Crippen LogP contribution in [-0.2, 0) is 20.8 Å². The first-order valence-electron chi connectivity index (χ1n) is 10.3. The molecule has 0 saturated carbocycles. The molecule has 33 heavy (non-hydrogen) atoms. The molecule has 0 N–H and O–H groups in total. The molecule has 0 spiro atoms. The van der Waals surface area contributed by atoms with E-state index in [1.54, 1.807) is 48.5 Å². The van der Waals surface area contributed by atoms with Crippen molar-refractivity contribution in [3.05, 3.63) is 107 Å². The molecule has 0 aliphatic carbocycles. The largest absolute Gasteiger partial charge is 0.264 e. The second-order valence-electron chi connectivity index (χ2n) is 7.83. The fourth-order valence-corrected chi connectivity index (χ4v) is 7.85. The standard InChI is InChI=1S/C26H20BrNO3S2/c1-18-13-15-20(16-14-18)33(30,31)28-17-25(32(29)24-12-5-4-11-23(24)28)26(27)22-10-6-8-19-7-2-3-9-21(19)22/h2-16H,17H2,1H3/b26-25+/t32-/m1/s1. The van der Waals surface area contributed by atoms with Crippen molar-refractivity contribution in [1.29, 1.82) is 0 Å². The smallest absolute Gasteiger partial charge is 0.260 e. The zero-order valence-corrected chi connectivity index (χ0v) is 21.0. The second kappa shape index (κ2) is 8.56. The molecule has 0 aromatic heterocycles. The van der Waals surface area contributed by atoms with Crippen LogP contribution in [0.4, 0.5) is 5.69 Å². The number of hydrogen-bond acceptors (Lipinski definition) is 3. The summed E-state index contributed by atoms with van der Waals surface area (Å²) in [5.41, 5.74) is 2.30. The molecule has 0 fully saturated rings. The molecular formula is C26H20BrNO3S2. The fourth-order valence-electron chi connectivity index (χ4n) is 4.00. The predicted molar refractivity (Wildman–Crippen MR) is 138 cm³/mol. The zero-order valence-electron chi connectivity index (χ0n) is 17.7. The summed E-state index contributed by atoms with van der Waals surface area (Å²) in [6, 6.07) is 27.6. The third-order valence-electron chi connectivity index (χ3n) is 5.72. The maximum atomic E-state index is 13.7. The van der Waals surface area contributed by atoms with E-state index in [0.29, 0.717) is 20.0 Å². The molecule has 1 aliphatic rings. The van der Waals surface area contributed by atoms with Crippen molar-refractivity contribution in [2.45, 2.75) is 16.7 Å². The molecule has 1 heterocycles. The third kappa shape index (κ3) is 3.84. The Hall–Kier alpha value is -2.74. The summed E-state index contributed by atoms with van der Waals surface area (Å²) in [5, 5.41) is 2.06. The van der Waals surface area contributed by atoms with E-state index in [1.807, 2.05) is 49.4 Å². The highest BCUT2D eigenvalue weighted by Gasteiger charge is 2.35. The van der Waals surface area contributed by atoms with Crippen LogP contribution in [0.15, 0.2) is 106 Å². The van der Waals surface area contributed by atoms with Crippen LogP contribution in [-0.4, -0.2) is 19.2 Å². The summed E-state index contributed by atoms with van der Waals surface area (Å²) in [5.74, 6) is 0. The summed E-state index contributed by atoms with van der Waals surface area (Å²) in [4.78, 5) is 1.20. The highest BCUT2D eigenvalue weighted by Crippen LogP contribution is 2.41. The summed E-state index contributed by atoms with van der Waals surface area (Å²) in [7, 11) is -5.38. The quantitative estimate of drug-likeness (QED) is 0.311. The monoisotopic (exact) mass is 537 g/mol. The normalized spacial score (nSPS) is 17.6. The minimum absolute atomic E-state index is 0.0103. The second-order valence-corrected chi connectivity index (χ2v) is 12.0. The summed E-state index contributed by atoms with van der Waals surface area (Å²) < 4.78 is 43.0. The number of benzene rings is 4. The van der Waals surface area contributed by atoms with Crippen LogP contribution < -0.4 is 4.31 Å². The Labute approximate surface area is 204 Å². The Kier molecular flexibility index (Phi) is 5.72. The van der Waals surface area contributed by atoms with Gasteiger partial charge in [0.1, 0.15) is 0 Å². The van der Waals surface area contributed by atoms with Gasteiger partial charge in [-0.1, -0.05) is 72.3 Å². The van der Waals surface area contributed by atoms with Crippen molar-refractivity contribution < 1.29 is 12.6 Å². The van der Waals surface area contributed by atoms with Gasteiger partial charge in [-0.25, -0.2) is 12.6 Å². The lowest BCUT2D eigenvalue weighted by molar-refractivity contribution is 0.592. The van der Waals surface area contributed by atoms with Crippen molar-refractivity contribution in [3.63, 3.8) is 0 Å². The number of aryl methyl sites for hydroxylation is 1. The van der Waals surface area contributed by atoms with Gasteiger partial charge in [-0.2, -0.15) is 0 Å². The lowest BCUT2D eigenvalue weighted by Crippen LogP contribution is -2.37. The van der Waals surface area contributed by atoms with Gasteiger partial charge in [0.25, 0.3) is 10.0 Å². The molecule has 0 amide bonds. The molecule has 5 rings (SSSR count). The number of fused-ring (bicyclic) bond motifs is 2. The van der Waals surface area contributed by atoms with E-state index >= 15 is 0 Å². The van der Waals surface area contributed by atoms with Gasteiger partial charge in [0.2, 0.25) is 0 Å². The maximum absolute atomic E-state index is 13.7. The van der Waals surface area contributed by atoms with Crippen LogP contribution in [0.5, 0.6) is 0 Å². The van der Waals surface area contributed by atoms with Crippen molar-refractivity contribution >= 4 is 57.7 Å². The van der Waals surface area contributed by atoms with Gasteiger partial charge in [0, 0.05) is 4.48 Å². The van der Waals surface area contributed by atoms with Crippen LogP contribution >= 0.6 is 15.9 Å². The molecule has 166 valence electrons. The lowest BCUT2D eigenvalue weighted by atomic mass is 10.0. The van der Waals surface area contributed by atoms with Crippen LogP contribution in [0, 0.1) is 6.92 Å². The predicted octanol–water partition coefficient (Wildman–Crippen LogP) is 6.23. The van der Waals surface area contributed by atoms with Crippen molar-refractivity contribution in [3.8, 4) is 0 Å². The Morgan fingerprint density at radius 3 is 2.33 bits per heavy atom. The van der Waals surface area contributed by atoms with Gasteiger partial charge >= 0.3 is 0 Å². The molecular weight excluding hydrogens is 518 g/mol. The van der Waals surface area contributed by atoms with Gasteiger partial charge in [-0.05, 0) is 63.5 Å². The molecule has 1 aliphatic heterocycles. The van der Waals surface area contributed by atoms with E-state index in [4.69, 9.17) is 0 Å². The first-order chi connectivity index (χ1) is 15.9. The summed E-state index contributed by atoms with van der Waals surface area (Å²) in [6.45, 7) is 1.90. The number of para-hydroxylation sites is 1. The van der Waals surface area contributed by atoms with Gasteiger partial charge < -0.3 is 0 Å². The van der Waals surface area contributed by atoms with Crippen LogP contribution in [0.1, 0.15) is 11.1 Å². The fraction of sp³-hybridized carbons (Fsp3) is 0.0769. The molecule has 0 unspecified atom stereocenters. The Bertz CT molecular complexity index is 1540. The van der Waals surface area contributed by atoms with E-state index in [0.717, 1.165) is 21.9 Å². The van der Waals surface area contributed by atoms with E-state index in [2.05, 4.69) is 15.9 Å². The van der Waals surface area contributed by atoms with Crippen LogP contribution in [0.3, 0.4) is 0 Å². The molecule has 1 atom stereocenters.